The van der Waals surface area contributed by atoms with Crippen LogP contribution in [-0.4, -0.2) is 18.8 Å². The lowest BCUT2D eigenvalue weighted by Crippen LogP contribution is -2.35. The van der Waals surface area contributed by atoms with Crippen LogP contribution in [0, 0.1) is 0 Å². The Balaban J connectivity index is 1.53. The molecule has 1 atom stereocenters. The molecule has 2 N–H and O–H groups in total. The number of para-hydroxylation sites is 1. The maximum Gasteiger partial charge on any atom is 0.254 e. The van der Waals surface area contributed by atoms with E-state index in [1.165, 1.54) is 0 Å². The first-order valence-corrected chi connectivity index (χ1v) is 12.1. The second-order valence-electron chi connectivity index (χ2n) is 8.94. The number of ketones is 1. The third kappa shape index (κ3) is 4.75. The van der Waals surface area contributed by atoms with Gasteiger partial charge in [0.05, 0.1) is 7.11 Å². The molecule has 1 unspecified atom stereocenters. The number of rotatable bonds is 6. The average molecular weight is 481 g/mol. The molecule has 1 aliphatic heterocycles. The number of allylic oxidation sites excluding steroid dienone is 3. The Morgan fingerprint density at radius 2 is 1.67 bits per heavy atom. The van der Waals surface area contributed by atoms with Crippen LogP contribution < -0.4 is 20.1 Å². The summed E-state index contributed by atoms with van der Waals surface area (Å²) in [6, 6.07) is 24.4. The summed E-state index contributed by atoms with van der Waals surface area (Å²) in [6.45, 7) is 1.89. The summed E-state index contributed by atoms with van der Waals surface area (Å²) in [4.78, 5) is 26.9. The van der Waals surface area contributed by atoms with Crippen LogP contribution in [-0.2, 0) is 9.59 Å². The topological polar surface area (TPSA) is 76.7 Å². The summed E-state index contributed by atoms with van der Waals surface area (Å²) in [5.41, 5.74) is 4.33. The molecule has 36 heavy (non-hydrogen) atoms. The van der Waals surface area contributed by atoms with E-state index in [1.54, 1.807) is 31.4 Å². The molecule has 0 saturated carbocycles. The van der Waals surface area contributed by atoms with E-state index >= 15 is 0 Å². The molecule has 0 saturated heterocycles. The van der Waals surface area contributed by atoms with Crippen LogP contribution in [0.25, 0.3) is 0 Å². The number of carbonyl (C=O) groups is 2. The van der Waals surface area contributed by atoms with E-state index in [1.807, 2.05) is 61.5 Å². The van der Waals surface area contributed by atoms with E-state index < -0.39 is 5.92 Å². The normalized spacial score (nSPS) is 17.3. The molecule has 0 spiro atoms. The van der Waals surface area contributed by atoms with Crippen LogP contribution in [0.3, 0.4) is 0 Å². The molecule has 0 radical (unpaired) electrons. The first-order valence-electron chi connectivity index (χ1n) is 12.1. The number of anilines is 1. The number of ether oxygens (including phenoxy) is 2. The molecule has 1 amide bonds. The fourth-order valence-corrected chi connectivity index (χ4v) is 4.87. The average Bonchev–Trinajstić information content (AvgIpc) is 2.89. The van der Waals surface area contributed by atoms with Gasteiger partial charge < -0.3 is 20.1 Å². The lowest BCUT2D eigenvalue weighted by Gasteiger charge is -2.34. The van der Waals surface area contributed by atoms with Crippen molar-refractivity contribution in [2.45, 2.75) is 32.1 Å². The summed E-state index contributed by atoms with van der Waals surface area (Å²) in [7, 11) is 1.60. The molecular formula is C30H28N2O4. The zero-order valence-corrected chi connectivity index (χ0v) is 20.3. The van der Waals surface area contributed by atoms with E-state index in [4.69, 9.17) is 9.47 Å². The highest BCUT2D eigenvalue weighted by molar-refractivity contribution is 6.09. The van der Waals surface area contributed by atoms with Gasteiger partial charge in [0.2, 0.25) is 0 Å². The number of methoxy groups -OCH3 is 1. The highest BCUT2D eigenvalue weighted by Crippen LogP contribution is 2.43. The van der Waals surface area contributed by atoms with Crippen molar-refractivity contribution in [3.63, 3.8) is 0 Å². The van der Waals surface area contributed by atoms with Gasteiger partial charge in [-0.2, -0.15) is 0 Å². The first kappa shape index (κ1) is 23.4. The van der Waals surface area contributed by atoms with Crippen LogP contribution >= 0.6 is 0 Å². The number of benzene rings is 3. The molecule has 0 aromatic heterocycles. The van der Waals surface area contributed by atoms with Crippen molar-refractivity contribution in [2.24, 2.45) is 0 Å². The Labute approximate surface area is 210 Å². The molecular weight excluding hydrogens is 452 g/mol. The Hall–Kier alpha value is -4.32. The number of carbonyl (C=O) groups excluding carboxylic acids is 2. The second kappa shape index (κ2) is 10.1. The van der Waals surface area contributed by atoms with Crippen LogP contribution in [0.2, 0.25) is 0 Å². The van der Waals surface area contributed by atoms with Gasteiger partial charge in [-0.1, -0.05) is 30.3 Å². The van der Waals surface area contributed by atoms with Crippen LogP contribution in [0.4, 0.5) is 5.69 Å². The van der Waals surface area contributed by atoms with Crippen LogP contribution in [0.5, 0.6) is 17.2 Å². The van der Waals surface area contributed by atoms with Gasteiger partial charge in [-0.15, -0.1) is 0 Å². The van der Waals surface area contributed by atoms with Gasteiger partial charge in [0, 0.05) is 40.6 Å². The number of dihydropyridines is 1. The van der Waals surface area contributed by atoms with E-state index in [9.17, 15) is 9.59 Å². The Morgan fingerprint density at radius 3 is 2.42 bits per heavy atom. The van der Waals surface area contributed by atoms with Crippen molar-refractivity contribution >= 4 is 17.4 Å². The minimum Gasteiger partial charge on any atom is -0.497 e. The lowest BCUT2D eigenvalue weighted by atomic mass is 9.75. The maximum absolute atomic E-state index is 13.7. The van der Waals surface area contributed by atoms with Crippen molar-refractivity contribution in [2.75, 3.05) is 12.4 Å². The summed E-state index contributed by atoms with van der Waals surface area (Å²) >= 11 is 0. The van der Waals surface area contributed by atoms with Crippen molar-refractivity contribution in [1.82, 2.24) is 5.32 Å². The van der Waals surface area contributed by atoms with Gasteiger partial charge in [-0.25, -0.2) is 0 Å². The molecule has 0 bridgehead atoms. The quantitative estimate of drug-likeness (QED) is 0.446. The summed E-state index contributed by atoms with van der Waals surface area (Å²) in [6.07, 6.45) is 2.06. The number of amides is 1. The number of Topliss-reactive ketones (excluding diaryl/α,β-unsaturated/α-hetero) is 1. The molecule has 6 heteroatoms. The van der Waals surface area contributed by atoms with Gasteiger partial charge >= 0.3 is 0 Å². The van der Waals surface area contributed by atoms with Crippen LogP contribution in [0.1, 0.15) is 37.7 Å². The van der Waals surface area contributed by atoms with Gasteiger partial charge in [-0.05, 0) is 73.9 Å². The van der Waals surface area contributed by atoms with E-state index in [2.05, 4.69) is 10.6 Å². The lowest BCUT2D eigenvalue weighted by molar-refractivity contribution is -0.116. The largest absolute Gasteiger partial charge is 0.497 e. The second-order valence-corrected chi connectivity index (χ2v) is 8.94. The summed E-state index contributed by atoms with van der Waals surface area (Å²) in [5.74, 6) is 1.40. The Kier molecular flexibility index (Phi) is 6.58. The van der Waals surface area contributed by atoms with E-state index in [-0.39, 0.29) is 11.7 Å². The van der Waals surface area contributed by atoms with E-state index in [0.717, 1.165) is 35.5 Å². The molecule has 1 aliphatic carbocycles. The third-order valence-corrected chi connectivity index (χ3v) is 6.54. The number of hydrogen-bond acceptors (Lipinski definition) is 5. The molecule has 0 fully saturated rings. The van der Waals surface area contributed by atoms with Gasteiger partial charge in [0.1, 0.15) is 17.2 Å². The van der Waals surface area contributed by atoms with Crippen molar-refractivity contribution in [3.8, 4) is 17.2 Å². The fourth-order valence-electron chi connectivity index (χ4n) is 4.87. The van der Waals surface area contributed by atoms with Gasteiger partial charge in [0.15, 0.2) is 5.78 Å². The van der Waals surface area contributed by atoms with Crippen molar-refractivity contribution < 1.29 is 19.1 Å². The highest BCUT2D eigenvalue weighted by Gasteiger charge is 2.38. The summed E-state index contributed by atoms with van der Waals surface area (Å²) in [5, 5.41) is 6.36. The summed E-state index contributed by atoms with van der Waals surface area (Å²) < 4.78 is 11.3. The highest BCUT2D eigenvalue weighted by atomic mass is 16.5. The van der Waals surface area contributed by atoms with Gasteiger partial charge in [0.25, 0.3) is 5.91 Å². The standard InChI is InChI=1S/C30H28N2O4/c1-19-27(30(34)32-21-14-16-22(35-2)17-15-21)28(29-25(31-19)12-7-13-26(29)33)20-8-6-11-24(18-20)36-23-9-4-3-5-10-23/h3-6,8-11,14-18,28,31H,7,12-13H2,1-2H3,(H,32,34). The first-order chi connectivity index (χ1) is 17.5. The molecule has 6 nitrogen and oxygen atoms in total. The molecule has 1 heterocycles. The third-order valence-electron chi connectivity index (χ3n) is 6.54. The van der Waals surface area contributed by atoms with Crippen molar-refractivity contribution in [1.29, 1.82) is 0 Å². The minimum absolute atomic E-state index is 0.0744. The monoisotopic (exact) mass is 480 g/mol. The van der Waals surface area contributed by atoms with Crippen LogP contribution in [0.15, 0.2) is 101 Å². The van der Waals surface area contributed by atoms with Gasteiger partial charge in [-0.3, -0.25) is 9.59 Å². The maximum atomic E-state index is 13.7. The smallest absolute Gasteiger partial charge is 0.254 e. The fraction of sp³-hybridized carbons (Fsp3) is 0.200. The predicted molar refractivity (Wildman–Crippen MR) is 139 cm³/mol. The number of hydrogen-bond donors (Lipinski definition) is 2. The predicted octanol–water partition coefficient (Wildman–Crippen LogP) is 6.09. The Bertz CT molecular complexity index is 1360. The SMILES string of the molecule is COc1ccc(NC(=O)C2=C(C)NC3=C(C(=O)CCC3)C2c2cccc(Oc3ccccc3)c2)cc1. The van der Waals surface area contributed by atoms with Crippen molar-refractivity contribution in [3.05, 3.63) is 107 Å². The number of nitrogens with one attached hydrogen (secondary N) is 2. The molecule has 5 rings (SSSR count). The Morgan fingerprint density at radius 1 is 0.917 bits per heavy atom. The van der Waals surface area contributed by atoms with E-state index in [0.29, 0.717) is 34.8 Å². The minimum atomic E-state index is -0.494. The molecule has 182 valence electrons. The molecule has 2 aliphatic rings. The molecule has 3 aromatic carbocycles. The molecule has 3 aromatic rings. The zero-order chi connectivity index (χ0) is 25.1. The zero-order valence-electron chi connectivity index (χ0n) is 20.3.